The summed E-state index contributed by atoms with van der Waals surface area (Å²) in [7, 11) is 0. The fourth-order valence-corrected chi connectivity index (χ4v) is 4.16. The number of benzene rings is 1. The summed E-state index contributed by atoms with van der Waals surface area (Å²) in [4.78, 5) is 6.14. The van der Waals surface area contributed by atoms with E-state index in [1.807, 2.05) is 48.0 Å². The molecule has 5 nitrogen and oxygen atoms in total. The van der Waals surface area contributed by atoms with Crippen LogP contribution in [0.3, 0.4) is 0 Å². The van der Waals surface area contributed by atoms with Gasteiger partial charge < -0.3 is 4.90 Å². The number of nitrogens with zero attached hydrogens (tertiary/aromatic N) is 5. The van der Waals surface area contributed by atoms with E-state index >= 15 is 0 Å². The predicted octanol–water partition coefficient (Wildman–Crippen LogP) is 4.13. The zero-order valence-corrected chi connectivity index (χ0v) is 15.5. The highest BCUT2D eigenvalue weighted by atomic mass is 19.1. The molecular weight excluding hydrogens is 341 g/mol. The lowest BCUT2D eigenvalue weighted by Crippen LogP contribution is -2.48. The molecule has 3 saturated heterocycles. The minimum absolute atomic E-state index is 0.298. The lowest BCUT2D eigenvalue weighted by atomic mass is 9.84. The van der Waals surface area contributed by atoms with E-state index in [4.69, 9.17) is 0 Å². The Balaban J connectivity index is 1.60. The Kier molecular flexibility index (Phi) is 5.25. The van der Waals surface area contributed by atoms with Gasteiger partial charge in [0, 0.05) is 18.3 Å². The second kappa shape index (κ2) is 7.96. The molecule has 4 heterocycles. The maximum Gasteiger partial charge on any atom is 0.175 e. The van der Waals surface area contributed by atoms with Crippen LogP contribution in [0.5, 0.6) is 0 Å². The number of hydrogen-bond donors (Lipinski definition) is 0. The molecule has 0 spiro atoms. The van der Waals surface area contributed by atoms with E-state index in [9.17, 15) is 4.39 Å². The molecule has 0 aliphatic carbocycles. The highest BCUT2D eigenvalue weighted by Crippen LogP contribution is 2.35. The van der Waals surface area contributed by atoms with E-state index in [2.05, 4.69) is 26.4 Å². The van der Waals surface area contributed by atoms with Gasteiger partial charge in [-0.1, -0.05) is 35.6 Å². The molecule has 1 aromatic carbocycles. The molecule has 2 bridgehead atoms. The summed E-state index contributed by atoms with van der Waals surface area (Å²) in [5.41, 5.74) is 3.67. The Labute approximate surface area is 158 Å². The number of rotatable bonds is 5. The summed E-state index contributed by atoms with van der Waals surface area (Å²) < 4.78 is 14.4. The van der Waals surface area contributed by atoms with Crippen molar-refractivity contribution in [2.45, 2.75) is 25.8 Å². The van der Waals surface area contributed by atoms with E-state index in [0.717, 1.165) is 28.9 Å². The number of fused-ring (bicyclic) bond motifs is 3. The molecule has 27 heavy (non-hydrogen) atoms. The molecule has 5 rings (SSSR count). The summed E-state index contributed by atoms with van der Waals surface area (Å²) in [6.45, 7) is 5.73. The molecule has 1 aromatic heterocycles. The van der Waals surface area contributed by atoms with Crippen LogP contribution in [0.15, 0.2) is 53.8 Å². The van der Waals surface area contributed by atoms with Gasteiger partial charge in [0.05, 0.1) is 12.2 Å². The predicted molar refractivity (Wildman–Crippen MR) is 106 cm³/mol. The van der Waals surface area contributed by atoms with Gasteiger partial charge in [0.1, 0.15) is 5.69 Å². The number of halogens is 1. The van der Waals surface area contributed by atoms with Crippen LogP contribution in [0.2, 0.25) is 0 Å². The van der Waals surface area contributed by atoms with Crippen LogP contribution in [-0.4, -0.2) is 46.0 Å². The van der Waals surface area contributed by atoms with Crippen molar-refractivity contribution < 1.29 is 4.39 Å². The Morgan fingerprint density at radius 3 is 2.85 bits per heavy atom. The molecule has 0 radical (unpaired) electrons. The average molecular weight is 365 g/mol. The number of hydrogen-bond acceptors (Lipinski definition) is 4. The van der Waals surface area contributed by atoms with E-state index in [1.165, 1.54) is 32.1 Å². The van der Waals surface area contributed by atoms with Crippen LogP contribution in [0, 0.1) is 5.92 Å². The maximum absolute atomic E-state index is 12.3. The third-order valence-electron chi connectivity index (χ3n) is 5.58. The summed E-state index contributed by atoms with van der Waals surface area (Å²) in [6, 6.07) is 8.47. The van der Waals surface area contributed by atoms with Crippen molar-refractivity contribution in [1.82, 2.24) is 19.9 Å². The van der Waals surface area contributed by atoms with E-state index in [0.29, 0.717) is 18.4 Å². The first-order chi connectivity index (χ1) is 13.3. The molecule has 6 heteroatoms. The summed E-state index contributed by atoms with van der Waals surface area (Å²) >= 11 is 0. The van der Waals surface area contributed by atoms with Crippen LogP contribution in [0.25, 0.3) is 16.8 Å². The standard InChI is InChI=1S/C21H24FN5/c1-2-4-19(12-23-15-22)17-5-3-6-18(11-17)20-13-27(25-24-20)21-14-26-9-7-16(21)8-10-26/h2-6,11-13,15-16,21H,7-10,14H2,1H3/b4-2-,19-12+,23-15?/t21-/m0/s1. The van der Waals surface area contributed by atoms with Gasteiger partial charge in [-0.25, -0.2) is 9.67 Å². The zero-order valence-electron chi connectivity index (χ0n) is 15.5. The van der Waals surface area contributed by atoms with Gasteiger partial charge in [0.2, 0.25) is 0 Å². The quantitative estimate of drug-likeness (QED) is 0.591. The SMILES string of the molecule is C/C=C\C(=C/N=CF)c1cccc(-c2cn([C@H]3CN4CCC3CC4)nn2)c1. The Morgan fingerprint density at radius 1 is 1.30 bits per heavy atom. The monoisotopic (exact) mass is 365 g/mol. The average Bonchev–Trinajstić information content (AvgIpc) is 3.22. The van der Waals surface area contributed by atoms with Crippen molar-refractivity contribution in [3.05, 3.63) is 54.4 Å². The maximum atomic E-state index is 12.3. The summed E-state index contributed by atoms with van der Waals surface area (Å²) in [6.07, 6.45) is 9.91. The zero-order chi connectivity index (χ0) is 18.6. The third kappa shape index (κ3) is 3.76. The molecule has 0 N–H and O–H groups in total. The highest BCUT2D eigenvalue weighted by molar-refractivity contribution is 5.77. The first kappa shape index (κ1) is 17.8. The van der Waals surface area contributed by atoms with E-state index in [-0.39, 0.29) is 0 Å². The summed E-state index contributed by atoms with van der Waals surface area (Å²) in [5.74, 6) is 0.707. The number of piperidine rings is 3. The van der Waals surface area contributed by atoms with Gasteiger partial charge in [0.25, 0.3) is 0 Å². The van der Waals surface area contributed by atoms with Crippen molar-refractivity contribution in [1.29, 1.82) is 0 Å². The van der Waals surface area contributed by atoms with Crippen LogP contribution < -0.4 is 0 Å². The van der Waals surface area contributed by atoms with Crippen LogP contribution in [-0.2, 0) is 0 Å². The van der Waals surface area contributed by atoms with Gasteiger partial charge in [-0.05, 0) is 56.0 Å². The largest absolute Gasteiger partial charge is 0.301 e. The molecule has 3 aliphatic rings. The van der Waals surface area contributed by atoms with E-state index in [1.54, 1.807) is 0 Å². The van der Waals surface area contributed by atoms with Crippen molar-refractivity contribution >= 4 is 12.0 Å². The lowest BCUT2D eigenvalue weighted by Gasteiger charge is -2.44. The number of allylic oxidation sites excluding steroid dienone is 3. The topological polar surface area (TPSA) is 46.3 Å². The van der Waals surface area contributed by atoms with Crippen molar-refractivity contribution in [3.8, 4) is 11.3 Å². The van der Waals surface area contributed by atoms with Gasteiger partial charge in [0.15, 0.2) is 6.47 Å². The second-order valence-electron chi connectivity index (χ2n) is 7.20. The van der Waals surface area contributed by atoms with Crippen molar-refractivity contribution in [2.75, 3.05) is 19.6 Å². The molecule has 3 aliphatic heterocycles. The Morgan fingerprint density at radius 2 is 2.15 bits per heavy atom. The summed E-state index contributed by atoms with van der Waals surface area (Å²) in [5, 5.41) is 8.85. The fourth-order valence-electron chi connectivity index (χ4n) is 4.16. The van der Waals surface area contributed by atoms with Gasteiger partial charge >= 0.3 is 0 Å². The van der Waals surface area contributed by atoms with Crippen LogP contribution in [0.4, 0.5) is 4.39 Å². The van der Waals surface area contributed by atoms with Crippen LogP contribution >= 0.6 is 0 Å². The molecule has 140 valence electrons. The number of aromatic nitrogens is 3. The fraction of sp³-hybridized carbons (Fsp3) is 0.381. The van der Waals surface area contributed by atoms with Crippen molar-refractivity contribution in [3.63, 3.8) is 0 Å². The molecule has 0 saturated carbocycles. The molecule has 0 unspecified atom stereocenters. The molecule has 0 amide bonds. The Bertz CT molecular complexity index is 874. The van der Waals surface area contributed by atoms with Crippen molar-refractivity contribution in [2.24, 2.45) is 10.9 Å². The minimum atomic E-state index is 0.298. The molecule has 2 aromatic rings. The first-order valence-corrected chi connectivity index (χ1v) is 9.48. The van der Waals surface area contributed by atoms with Gasteiger partial charge in [-0.15, -0.1) is 5.10 Å². The van der Waals surface area contributed by atoms with Gasteiger partial charge in [-0.3, -0.25) is 0 Å². The highest BCUT2D eigenvalue weighted by Gasteiger charge is 2.35. The number of aliphatic imine (C=N–C) groups is 1. The lowest BCUT2D eigenvalue weighted by molar-refractivity contribution is 0.0504. The van der Waals surface area contributed by atoms with Crippen LogP contribution in [0.1, 0.15) is 31.4 Å². The Hall–Kier alpha value is -2.60. The smallest absolute Gasteiger partial charge is 0.175 e. The second-order valence-corrected chi connectivity index (χ2v) is 7.20. The molecule has 1 atom stereocenters. The van der Waals surface area contributed by atoms with E-state index < -0.39 is 0 Å². The molecular formula is C21H24FN5. The first-order valence-electron chi connectivity index (χ1n) is 9.48. The molecule has 3 fully saturated rings. The third-order valence-corrected chi connectivity index (χ3v) is 5.58. The van der Waals surface area contributed by atoms with Gasteiger partial charge in [-0.2, -0.15) is 4.39 Å². The normalized spacial score (nSPS) is 25.7. The minimum Gasteiger partial charge on any atom is -0.301 e.